The maximum Gasteiger partial charge on any atom is 0.422 e. The number of carbonyl (C=O) groups excluding carboxylic acids is 1. The molecule has 0 aliphatic rings. The minimum Gasteiger partial charge on any atom is -0.497 e. The Labute approximate surface area is 180 Å². The van der Waals surface area contributed by atoms with Crippen molar-refractivity contribution in [1.29, 1.82) is 0 Å². The van der Waals surface area contributed by atoms with Crippen LogP contribution in [0.2, 0.25) is 0 Å². The second-order valence-electron chi connectivity index (χ2n) is 7.93. The Morgan fingerprint density at radius 2 is 1.61 bits per heavy atom. The van der Waals surface area contributed by atoms with Crippen LogP contribution < -0.4 is 10.1 Å². The van der Waals surface area contributed by atoms with Crippen LogP contribution in [0.15, 0.2) is 54.6 Å². The van der Waals surface area contributed by atoms with Gasteiger partial charge in [-0.25, -0.2) is 4.79 Å². The summed E-state index contributed by atoms with van der Waals surface area (Å²) in [6, 6.07) is 14.8. The van der Waals surface area contributed by atoms with Gasteiger partial charge in [-0.2, -0.15) is 13.2 Å². The minimum atomic E-state index is -4.93. The smallest absolute Gasteiger partial charge is 0.422 e. The molecule has 31 heavy (non-hydrogen) atoms. The lowest BCUT2D eigenvalue weighted by Gasteiger charge is -2.37. The summed E-state index contributed by atoms with van der Waals surface area (Å²) < 4.78 is 53.2. The Balaban J connectivity index is 2.38. The standard InChI is InChI=1S/C24H26F3NO3/c1-22(2,3)31-21(29)23(24(25,26)27,28-19-13-15-20(30-4)16-14-19)17-9-8-12-18-10-6-5-7-11-18/h5-7,10-11,13-16,28H,9,17H2,1-4H3. The maximum atomic E-state index is 14.3. The van der Waals surface area contributed by atoms with Crippen LogP contribution in [0.1, 0.15) is 39.2 Å². The highest BCUT2D eigenvalue weighted by Gasteiger charge is 2.62. The lowest BCUT2D eigenvalue weighted by Crippen LogP contribution is -2.59. The number of benzene rings is 2. The zero-order valence-electron chi connectivity index (χ0n) is 18.0. The summed E-state index contributed by atoms with van der Waals surface area (Å²) in [5, 5.41) is 2.38. The fourth-order valence-electron chi connectivity index (χ4n) is 2.77. The maximum absolute atomic E-state index is 14.3. The molecule has 0 saturated carbocycles. The number of anilines is 1. The largest absolute Gasteiger partial charge is 0.497 e. The average molecular weight is 433 g/mol. The number of alkyl halides is 3. The van der Waals surface area contributed by atoms with Crippen molar-refractivity contribution >= 4 is 11.7 Å². The molecule has 0 aromatic heterocycles. The zero-order valence-corrected chi connectivity index (χ0v) is 18.0. The van der Waals surface area contributed by atoms with Gasteiger partial charge in [-0.15, -0.1) is 0 Å². The summed E-state index contributed by atoms with van der Waals surface area (Å²) in [4.78, 5) is 12.8. The Kier molecular flexibility index (Phi) is 7.61. The van der Waals surface area contributed by atoms with E-state index in [1.54, 1.807) is 24.3 Å². The van der Waals surface area contributed by atoms with Gasteiger partial charge in [-0.3, -0.25) is 0 Å². The fraction of sp³-hybridized carbons (Fsp3) is 0.375. The van der Waals surface area contributed by atoms with Crippen LogP contribution >= 0.6 is 0 Å². The Morgan fingerprint density at radius 3 is 2.13 bits per heavy atom. The monoisotopic (exact) mass is 433 g/mol. The molecule has 0 aliphatic carbocycles. The van der Waals surface area contributed by atoms with Gasteiger partial charge in [-0.05, 0) is 57.2 Å². The molecule has 1 N–H and O–H groups in total. The molecule has 2 rings (SSSR count). The van der Waals surface area contributed by atoms with Gasteiger partial charge in [0.15, 0.2) is 0 Å². The third-order valence-corrected chi connectivity index (χ3v) is 4.31. The van der Waals surface area contributed by atoms with Crippen molar-refractivity contribution in [1.82, 2.24) is 0 Å². The molecule has 166 valence electrons. The molecule has 0 radical (unpaired) electrons. The van der Waals surface area contributed by atoms with E-state index in [2.05, 4.69) is 17.2 Å². The molecule has 0 amide bonds. The van der Waals surface area contributed by atoms with Gasteiger partial charge in [-0.1, -0.05) is 30.0 Å². The predicted molar refractivity (Wildman–Crippen MR) is 114 cm³/mol. The van der Waals surface area contributed by atoms with E-state index in [9.17, 15) is 18.0 Å². The number of halogens is 3. The van der Waals surface area contributed by atoms with Crippen molar-refractivity contribution in [2.45, 2.75) is 50.9 Å². The summed E-state index contributed by atoms with van der Waals surface area (Å²) in [5.41, 5.74) is -3.26. The molecular formula is C24H26F3NO3. The van der Waals surface area contributed by atoms with Crippen molar-refractivity contribution in [3.05, 3.63) is 60.2 Å². The van der Waals surface area contributed by atoms with Crippen LogP contribution in [0.4, 0.5) is 18.9 Å². The van der Waals surface area contributed by atoms with E-state index in [-0.39, 0.29) is 12.1 Å². The third kappa shape index (κ3) is 6.68. The first-order valence-electron chi connectivity index (χ1n) is 9.73. The number of hydrogen-bond donors (Lipinski definition) is 1. The van der Waals surface area contributed by atoms with Crippen molar-refractivity contribution in [2.24, 2.45) is 0 Å². The van der Waals surface area contributed by atoms with Gasteiger partial charge in [0.2, 0.25) is 5.54 Å². The first-order chi connectivity index (χ1) is 14.5. The van der Waals surface area contributed by atoms with Gasteiger partial charge in [0.05, 0.1) is 7.11 Å². The number of methoxy groups -OCH3 is 1. The third-order valence-electron chi connectivity index (χ3n) is 4.31. The molecule has 7 heteroatoms. The number of nitrogens with one attached hydrogen (secondary N) is 1. The molecule has 0 heterocycles. The molecule has 0 bridgehead atoms. The Hall–Kier alpha value is -3.14. The molecule has 4 nitrogen and oxygen atoms in total. The second kappa shape index (κ2) is 9.78. The summed E-state index contributed by atoms with van der Waals surface area (Å²) in [6.45, 7) is 4.57. The van der Waals surface area contributed by atoms with Crippen LogP contribution in [0.5, 0.6) is 5.75 Å². The van der Waals surface area contributed by atoms with Crippen molar-refractivity contribution in [2.75, 3.05) is 12.4 Å². The van der Waals surface area contributed by atoms with Crippen LogP contribution in [0, 0.1) is 11.8 Å². The van der Waals surface area contributed by atoms with Crippen LogP contribution in [-0.2, 0) is 9.53 Å². The number of carbonyl (C=O) groups is 1. The lowest BCUT2D eigenvalue weighted by atomic mass is 9.91. The quantitative estimate of drug-likeness (QED) is 0.477. The highest BCUT2D eigenvalue weighted by atomic mass is 19.4. The Bertz CT molecular complexity index is 923. The van der Waals surface area contributed by atoms with Crippen molar-refractivity contribution < 1.29 is 27.4 Å². The Morgan fingerprint density at radius 1 is 1.00 bits per heavy atom. The average Bonchev–Trinajstić information content (AvgIpc) is 2.69. The number of hydrogen-bond acceptors (Lipinski definition) is 4. The van der Waals surface area contributed by atoms with E-state index in [0.717, 1.165) is 0 Å². The summed E-state index contributed by atoms with van der Waals surface area (Å²) >= 11 is 0. The van der Waals surface area contributed by atoms with Gasteiger partial charge < -0.3 is 14.8 Å². The van der Waals surface area contributed by atoms with Crippen LogP contribution in [-0.4, -0.2) is 30.4 Å². The zero-order chi connectivity index (χ0) is 23.1. The van der Waals surface area contributed by atoms with Crippen molar-refractivity contribution in [3.63, 3.8) is 0 Å². The van der Waals surface area contributed by atoms with Gasteiger partial charge in [0, 0.05) is 24.1 Å². The molecule has 2 aromatic carbocycles. The molecule has 2 aromatic rings. The lowest BCUT2D eigenvalue weighted by molar-refractivity contribution is -0.208. The first-order valence-corrected chi connectivity index (χ1v) is 9.73. The molecule has 0 saturated heterocycles. The van der Waals surface area contributed by atoms with E-state index >= 15 is 0 Å². The van der Waals surface area contributed by atoms with Crippen LogP contribution in [0.25, 0.3) is 0 Å². The van der Waals surface area contributed by atoms with Crippen molar-refractivity contribution in [3.8, 4) is 17.6 Å². The highest BCUT2D eigenvalue weighted by Crippen LogP contribution is 2.39. The molecule has 1 atom stereocenters. The van der Waals surface area contributed by atoms with Gasteiger partial charge in [0.1, 0.15) is 11.4 Å². The normalized spacial score (nSPS) is 13.4. The van der Waals surface area contributed by atoms with E-state index < -0.39 is 29.7 Å². The summed E-state index contributed by atoms with van der Waals surface area (Å²) in [7, 11) is 1.45. The van der Waals surface area contributed by atoms with Gasteiger partial charge in [0.25, 0.3) is 0 Å². The number of rotatable bonds is 6. The SMILES string of the molecule is COc1ccc(NC(CCC#Cc2ccccc2)(C(=O)OC(C)(C)C)C(F)(F)F)cc1. The van der Waals surface area contributed by atoms with E-state index in [1.807, 2.05) is 6.07 Å². The minimum absolute atomic E-state index is 0.111. The molecule has 0 fully saturated rings. The predicted octanol–water partition coefficient (Wildman–Crippen LogP) is 5.58. The van der Waals surface area contributed by atoms with E-state index in [1.165, 1.54) is 52.1 Å². The summed E-state index contributed by atoms with van der Waals surface area (Å²) in [6.07, 6.45) is -5.71. The number of esters is 1. The van der Waals surface area contributed by atoms with Gasteiger partial charge >= 0.3 is 12.1 Å². The topological polar surface area (TPSA) is 47.6 Å². The van der Waals surface area contributed by atoms with E-state index in [4.69, 9.17) is 9.47 Å². The fourth-order valence-corrected chi connectivity index (χ4v) is 2.77. The van der Waals surface area contributed by atoms with Crippen LogP contribution in [0.3, 0.4) is 0 Å². The molecule has 1 unspecified atom stereocenters. The first kappa shape index (κ1) is 24.1. The highest BCUT2D eigenvalue weighted by molar-refractivity contribution is 5.86. The summed E-state index contributed by atoms with van der Waals surface area (Å²) in [5.74, 6) is 4.64. The second-order valence-corrected chi connectivity index (χ2v) is 7.93. The number of ether oxygens (including phenoxy) is 2. The molecule has 0 spiro atoms. The molecular weight excluding hydrogens is 407 g/mol. The van der Waals surface area contributed by atoms with E-state index in [0.29, 0.717) is 11.3 Å². The molecule has 0 aliphatic heterocycles.